The summed E-state index contributed by atoms with van der Waals surface area (Å²) in [6.45, 7) is 3.95. The molecule has 2 heterocycles. The lowest BCUT2D eigenvalue weighted by atomic mass is 10.1. The Balaban J connectivity index is 1.70. The summed E-state index contributed by atoms with van der Waals surface area (Å²) in [5.41, 5.74) is 0.931. The molecule has 3 rings (SSSR count). The quantitative estimate of drug-likeness (QED) is 0.911. The smallest absolute Gasteiger partial charge is 0.249 e. The summed E-state index contributed by atoms with van der Waals surface area (Å²) in [5, 5.41) is 3.10. The molecule has 2 fully saturated rings. The zero-order valence-corrected chi connectivity index (χ0v) is 12.0. The maximum Gasteiger partial charge on any atom is 0.249 e. The topological polar surface area (TPSA) is 64.1 Å². The van der Waals surface area contributed by atoms with Crippen LogP contribution in [0, 0.1) is 12.8 Å². The van der Waals surface area contributed by atoms with Crippen LogP contribution in [0.15, 0.2) is 12.3 Å². The fourth-order valence-electron chi connectivity index (χ4n) is 2.68. The summed E-state index contributed by atoms with van der Waals surface area (Å²) in [4.78, 5) is 21.1. The summed E-state index contributed by atoms with van der Waals surface area (Å²) in [7, 11) is 0. The number of amides is 1. The van der Waals surface area contributed by atoms with Crippen molar-refractivity contribution in [3.8, 4) is 0 Å². The van der Waals surface area contributed by atoms with Crippen LogP contribution >= 0.6 is 0 Å². The van der Waals surface area contributed by atoms with Crippen LogP contribution < -0.4 is 5.32 Å². The first-order chi connectivity index (χ1) is 9.63. The number of carbonyl (C=O) groups excluding carboxylic acids is 1. The molecule has 108 valence electrons. The number of aryl methyl sites for hydroxylation is 1. The lowest BCUT2D eigenvalue weighted by Crippen LogP contribution is -2.38. The van der Waals surface area contributed by atoms with Crippen molar-refractivity contribution in [3.05, 3.63) is 23.8 Å². The van der Waals surface area contributed by atoms with Gasteiger partial charge in [0.2, 0.25) is 5.91 Å². The average molecular weight is 275 g/mol. The van der Waals surface area contributed by atoms with Crippen LogP contribution in [0.4, 0.5) is 0 Å². The number of rotatable bonds is 4. The minimum absolute atomic E-state index is 0.0173. The van der Waals surface area contributed by atoms with Gasteiger partial charge in [0.1, 0.15) is 6.10 Å². The number of ether oxygens (including phenoxy) is 1. The summed E-state index contributed by atoms with van der Waals surface area (Å²) in [6, 6.07) is 1.80. The van der Waals surface area contributed by atoms with Gasteiger partial charge in [-0.1, -0.05) is 0 Å². The van der Waals surface area contributed by atoms with Gasteiger partial charge in [-0.05, 0) is 51.5 Å². The van der Waals surface area contributed by atoms with Gasteiger partial charge < -0.3 is 10.1 Å². The van der Waals surface area contributed by atoms with Gasteiger partial charge in [-0.3, -0.25) is 4.79 Å². The van der Waals surface area contributed by atoms with Crippen molar-refractivity contribution in [1.82, 2.24) is 15.3 Å². The highest BCUT2D eigenvalue weighted by Gasteiger charge is 2.37. The van der Waals surface area contributed by atoms with Gasteiger partial charge in [0, 0.05) is 11.9 Å². The molecule has 1 aliphatic heterocycles. The summed E-state index contributed by atoms with van der Waals surface area (Å²) in [5.74, 6) is 1.18. The predicted octanol–water partition coefficient (Wildman–Crippen LogP) is 1.92. The van der Waals surface area contributed by atoms with Crippen molar-refractivity contribution in [1.29, 1.82) is 0 Å². The van der Waals surface area contributed by atoms with E-state index in [1.54, 1.807) is 6.20 Å². The Morgan fingerprint density at radius 3 is 2.80 bits per heavy atom. The molecule has 1 aromatic heterocycles. The molecule has 1 N–H and O–H groups in total. The SMILES string of the molecule is Cc1ccnc(C(NC(=O)C2CCC(C)O2)C2CC2)n1. The van der Waals surface area contributed by atoms with E-state index in [1.807, 2.05) is 19.9 Å². The Hall–Kier alpha value is -1.49. The highest BCUT2D eigenvalue weighted by atomic mass is 16.5. The molecule has 5 nitrogen and oxygen atoms in total. The number of aromatic nitrogens is 2. The first-order valence-corrected chi connectivity index (χ1v) is 7.39. The maximum absolute atomic E-state index is 12.3. The Kier molecular flexibility index (Phi) is 3.70. The van der Waals surface area contributed by atoms with E-state index in [9.17, 15) is 4.79 Å². The molecule has 3 atom stereocenters. The third-order valence-corrected chi connectivity index (χ3v) is 4.01. The van der Waals surface area contributed by atoms with E-state index >= 15 is 0 Å². The normalized spacial score (nSPS) is 27.3. The molecule has 1 saturated carbocycles. The van der Waals surface area contributed by atoms with Gasteiger partial charge in [0.15, 0.2) is 5.82 Å². The highest BCUT2D eigenvalue weighted by Crippen LogP contribution is 2.40. The third kappa shape index (κ3) is 2.98. The van der Waals surface area contributed by atoms with Crippen molar-refractivity contribution in [2.45, 2.75) is 57.8 Å². The molecule has 20 heavy (non-hydrogen) atoms. The van der Waals surface area contributed by atoms with E-state index in [-0.39, 0.29) is 24.2 Å². The van der Waals surface area contributed by atoms with Crippen molar-refractivity contribution >= 4 is 5.91 Å². The molecule has 1 aromatic rings. The molecule has 0 aromatic carbocycles. The van der Waals surface area contributed by atoms with Gasteiger partial charge in [0.05, 0.1) is 12.1 Å². The molecule has 0 radical (unpaired) electrons. The molecule has 1 amide bonds. The Morgan fingerprint density at radius 1 is 1.40 bits per heavy atom. The van der Waals surface area contributed by atoms with E-state index in [0.717, 1.165) is 37.2 Å². The van der Waals surface area contributed by atoms with Crippen LogP contribution in [-0.4, -0.2) is 28.1 Å². The third-order valence-electron chi connectivity index (χ3n) is 4.01. The van der Waals surface area contributed by atoms with Gasteiger partial charge in [0.25, 0.3) is 0 Å². The summed E-state index contributed by atoms with van der Waals surface area (Å²) >= 11 is 0. The van der Waals surface area contributed by atoms with Crippen molar-refractivity contribution in [3.63, 3.8) is 0 Å². The fraction of sp³-hybridized carbons (Fsp3) is 0.667. The summed E-state index contributed by atoms with van der Waals surface area (Å²) < 4.78 is 5.63. The standard InChI is InChI=1S/C15H21N3O2/c1-9-7-8-16-14(17-9)13(11-4-5-11)18-15(19)12-6-3-10(2)20-12/h7-8,10-13H,3-6H2,1-2H3,(H,18,19). The van der Waals surface area contributed by atoms with Gasteiger partial charge in [-0.15, -0.1) is 0 Å². The average Bonchev–Trinajstić information content (AvgIpc) is 3.17. The molecule has 0 bridgehead atoms. The molecule has 2 aliphatic rings. The van der Waals surface area contributed by atoms with Crippen LogP contribution in [0.25, 0.3) is 0 Å². The first-order valence-electron chi connectivity index (χ1n) is 7.39. The van der Waals surface area contributed by atoms with E-state index < -0.39 is 0 Å². The second-order valence-corrected chi connectivity index (χ2v) is 5.89. The maximum atomic E-state index is 12.3. The van der Waals surface area contributed by atoms with Crippen molar-refractivity contribution < 1.29 is 9.53 Å². The Bertz CT molecular complexity index is 502. The van der Waals surface area contributed by atoms with E-state index in [0.29, 0.717) is 5.92 Å². The Morgan fingerprint density at radius 2 is 2.20 bits per heavy atom. The highest BCUT2D eigenvalue weighted by molar-refractivity contribution is 5.81. The minimum atomic E-state index is -0.309. The minimum Gasteiger partial charge on any atom is -0.365 e. The predicted molar refractivity (Wildman–Crippen MR) is 73.9 cm³/mol. The molecule has 1 saturated heterocycles. The lowest BCUT2D eigenvalue weighted by Gasteiger charge is -2.19. The van der Waals surface area contributed by atoms with Crippen LogP contribution in [-0.2, 0) is 9.53 Å². The molecule has 1 aliphatic carbocycles. The van der Waals surface area contributed by atoms with Gasteiger partial charge in [-0.2, -0.15) is 0 Å². The van der Waals surface area contributed by atoms with Crippen LogP contribution in [0.3, 0.4) is 0 Å². The zero-order valence-electron chi connectivity index (χ0n) is 12.0. The van der Waals surface area contributed by atoms with E-state index in [4.69, 9.17) is 4.74 Å². The number of nitrogens with zero attached hydrogens (tertiary/aromatic N) is 2. The summed E-state index contributed by atoms with van der Waals surface area (Å²) in [6.07, 6.45) is 5.64. The number of hydrogen-bond acceptors (Lipinski definition) is 4. The number of carbonyl (C=O) groups is 1. The monoisotopic (exact) mass is 275 g/mol. The first kappa shape index (κ1) is 13.5. The largest absolute Gasteiger partial charge is 0.365 e. The van der Waals surface area contributed by atoms with E-state index in [1.165, 1.54) is 0 Å². The molecule has 5 heteroatoms. The second-order valence-electron chi connectivity index (χ2n) is 5.89. The van der Waals surface area contributed by atoms with Crippen LogP contribution in [0.5, 0.6) is 0 Å². The zero-order chi connectivity index (χ0) is 14.1. The van der Waals surface area contributed by atoms with Crippen molar-refractivity contribution in [2.24, 2.45) is 5.92 Å². The molecule has 3 unspecified atom stereocenters. The number of nitrogens with one attached hydrogen (secondary N) is 1. The van der Waals surface area contributed by atoms with E-state index in [2.05, 4.69) is 15.3 Å². The van der Waals surface area contributed by atoms with Crippen LogP contribution in [0.2, 0.25) is 0 Å². The Labute approximate surface area is 119 Å². The van der Waals surface area contributed by atoms with Gasteiger partial charge in [-0.25, -0.2) is 9.97 Å². The van der Waals surface area contributed by atoms with Crippen LogP contribution in [0.1, 0.15) is 50.2 Å². The molecular weight excluding hydrogens is 254 g/mol. The molecule has 0 spiro atoms. The second kappa shape index (κ2) is 5.48. The van der Waals surface area contributed by atoms with Crippen molar-refractivity contribution in [2.75, 3.05) is 0 Å². The molecular formula is C15H21N3O2. The fourth-order valence-corrected chi connectivity index (χ4v) is 2.68. The lowest BCUT2D eigenvalue weighted by molar-refractivity contribution is -0.132. The van der Waals surface area contributed by atoms with Gasteiger partial charge >= 0.3 is 0 Å². The number of hydrogen-bond donors (Lipinski definition) is 1.